The molecule has 0 aromatic heterocycles. The average Bonchev–Trinajstić information content (AvgIpc) is 2.68. The molecule has 6 nitrogen and oxygen atoms in total. The monoisotopic (exact) mass is 405 g/mol. The van der Waals surface area contributed by atoms with Crippen LogP contribution in [0.5, 0.6) is 0 Å². The number of hydrogen-bond acceptors (Lipinski definition) is 4. The van der Waals surface area contributed by atoms with Crippen LogP contribution >= 0.6 is 0 Å². The number of anilines is 1. The van der Waals surface area contributed by atoms with Gasteiger partial charge in [-0.2, -0.15) is 0 Å². The second-order valence-electron chi connectivity index (χ2n) is 7.09. The maximum absolute atomic E-state index is 13.0. The summed E-state index contributed by atoms with van der Waals surface area (Å²) < 4.78 is 40.1. The Balaban J connectivity index is 1.67. The molecule has 0 bridgehead atoms. The molecular weight excluding hydrogens is 381 g/mol. The van der Waals surface area contributed by atoms with Crippen molar-refractivity contribution in [2.75, 3.05) is 31.9 Å². The number of sulfonamides is 1. The number of benzene rings is 2. The van der Waals surface area contributed by atoms with Gasteiger partial charge in [-0.1, -0.05) is 0 Å². The Kier molecular flexibility index (Phi) is 6.00. The molecule has 0 aliphatic carbocycles. The minimum atomic E-state index is -3.82. The van der Waals surface area contributed by atoms with Crippen molar-refractivity contribution in [2.24, 2.45) is 0 Å². The van der Waals surface area contributed by atoms with E-state index in [0.29, 0.717) is 11.3 Å². The van der Waals surface area contributed by atoms with Crippen LogP contribution in [0.2, 0.25) is 0 Å². The van der Waals surface area contributed by atoms with E-state index in [9.17, 15) is 17.6 Å². The molecule has 0 radical (unpaired) electrons. The van der Waals surface area contributed by atoms with Crippen LogP contribution in [-0.4, -0.2) is 57.4 Å². The van der Waals surface area contributed by atoms with Crippen LogP contribution < -0.4 is 4.72 Å². The highest BCUT2D eigenvalue weighted by Crippen LogP contribution is 2.20. The lowest BCUT2D eigenvalue weighted by molar-refractivity contribution is 0.0659. The van der Waals surface area contributed by atoms with Crippen molar-refractivity contribution in [1.29, 1.82) is 0 Å². The first-order chi connectivity index (χ1) is 13.3. The quantitative estimate of drug-likeness (QED) is 0.831. The average molecular weight is 405 g/mol. The van der Waals surface area contributed by atoms with Crippen molar-refractivity contribution < 1.29 is 17.6 Å². The Labute approximate surface area is 165 Å². The highest BCUT2D eigenvalue weighted by molar-refractivity contribution is 7.92. The van der Waals surface area contributed by atoms with E-state index in [-0.39, 0.29) is 16.8 Å². The van der Waals surface area contributed by atoms with Gasteiger partial charge in [0.15, 0.2) is 0 Å². The second kappa shape index (κ2) is 8.28. The topological polar surface area (TPSA) is 69.7 Å². The van der Waals surface area contributed by atoms with E-state index >= 15 is 0 Å². The Bertz CT molecular complexity index is 922. The second-order valence-corrected chi connectivity index (χ2v) is 8.77. The maximum Gasteiger partial charge on any atom is 0.261 e. The van der Waals surface area contributed by atoms with Crippen LogP contribution in [0, 0.1) is 5.82 Å². The molecule has 0 unspecified atom stereocenters. The molecule has 1 aliphatic heterocycles. The Morgan fingerprint density at radius 2 is 1.64 bits per heavy atom. The molecule has 1 N–H and O–H groups in total. The standard InChI is InChI=1S/C20H24FN3O3S/c1-23-13-11-18(12-14-23)24(2)20(25)15-3-7-17(8-4-15)22-28(26,27)19-9-5-16(21)6-10-19/h3-10,18,22H,11-14H2,1-2H3. The number of nitrogens with zero attached hydrogens (tertiary/aromatic N) is 2. The summed E-state index contributed by atoms with van der Waals surface area (Å²) >= 11 is 0. The Hall–Kier alpha value is -2.45. The minimum Gasteiger partial charge on any atom is -0.339 e. The number of rotatable bonds is 5. The van der Waals surface area contributed by atoms with E-state index in [0.717, 1.165) is 38.1 Å². The van der Waals surface area contributed by atoms with Crippen molar-refractivity contribution >= 4 is 21.6 Å². The van der Waals surface area contributed by atoms with E-state index in [2.05, 4.69) is 16.7 Å². The highest BCUT2D eigenvalue weighted by atomic mass is 32.2. The van der Waals surface area contributed by atoms with Crippen molar-refractivity contribution in [3.63, 3.8) is 0 Å². The zero-order valence-corrected chi connectivity index (χ0v) is 16.7. The molecule has 0 saturated carbocycles. The number of hydrogen-bond donors (Lipinski definition) is 1. The molecule has 1 aliphatic rings. The highest BCUT2D eigenvalue weighted by Gasteiger charge is 2.24. The molecule has 8 heteroatoms. The fourth-order valence-electron chi connectivity index (χ4n) is 3.26. The zero-order valence-electron chi connectivity index (χ0n) is 15.9. The van der Waals surface area contributed by atoms with Gasteiger partial charge in [-0.15, -0.1) is 0 Å². The van der Waals surface area contributed by atoms with Gasteiger partial charge in [0.05, 0.1) is 4.90 Å². The summed E-state index contributed by atoms with van der Waals surface area (Å²) in [7, 11) is 0.0636. The number of nitrogens with one attached hydrogen (secondary N) is 1. The van der Waals surface area contributed by atoms with Crippen LogP contribution in [0.3, 0.4) is 0 Å². The molecule has 0 atom stereocenters. The van der Waals surface area contributed by atoms with Gasteiger partial charge in [0.1, 0.15) is 5.82 Å². The fourth-order valence-corrected chi connectivity index (χ4v) is 4.32. The molecule has 1 heterocycles. The predicted octanol–water partition coefficient (Wildman–Crippen LogP) is 2.79. The van der Waals surface area contributed by atoms with Crippen molar-refractivity contribution in [3.8, 4) is 0 Å². The van der Waals surface area contributed by atoms with Gasteiger partial charge in [0.2, 0.25) is 0 Å². The van der Waals surface area contributed by atoms with Gasteiger partial charge < -0.3 is 9.80 Å². The van der Waals surface area contributed by atoms with Gasteiger partial charge in [-0.25, -0.2) is 12.8 Å². The first kappa shape index (κ1) is 20.3. The first-order valence-electron chi connectivity index (χ1n) is 9.10. The SMILES string of the molecule is CN1CCC(N(C)C(=O)c2ccc(NS(=O)(=O)c3ccc(F)cc3)cc2)CC1. The van der Waals surface area contributed by atoms with Crippen LogP contribution in [-0.2, 0) is 10.0 Å². The van der Waals surface area contributed by atoms with Crippen LogP contribution in [0.1, 0.15) is 23.2 Å². The molecule has 0 spiro atoms. The van der Waals surface area contributed by atoms with Gasteiger partial charge in [-0.05, 0) is 81.5 Å². The maximum atomic E-state index is 13.0. The van der Waals surface area contributed by atoms with Crippen molar-refractivity contribution in [3.05, 3.63) is 59.9 Å². The number of carbonyl (C=O) groups excluding carboxylic acids is 1. The van der Waals surface area contributed by atoms with Crippen molar-refractivity contribution in [1.82, 2.24) is 9.80 Å². The summed E-state index contributed by atoms with van der Waals surface area (Å²) in [5.41, 5.74) is 0.842. The summed E-state index contributed by atoms with van der Waals surface area (Å²) in [6.45, 7) is 1.93. The molecule has 3 rings (SSSR count). The van der Waals surface area contributed by atoms with Gasteiger partial charge in [0, 0.05) is 24.3 Å². The molecular formula is C20H24FN3O3S. The smallest absolute Gasteiger partial charge is 0.261 e. The molecule has 1 fully saturated rings. The van der Waals surface area contributed by atoms with Crippen LogP contribution in [0.15, 0.2) is 53.4 Å². The molecule has 150 valence electrons. The van der Waals surface area contributed by atoms with Gasteiger partial charge in [0.25, 0.3) is 15.9 Å². The Morgan fingerprint density at radius 3 is 2.21 bits per heavy atom. The third kappa shape index (κ3) is 4.69. The first-order valence-corrected chi connectivity index (χ1v) is 10.6. The van der Waals surface area contributed by atoms with Gasteiger partial charge >= 0.3 is 0 Å². The number of amides is 1. The summed E-state index contributed by atoms with van der Waals surface area (Å²) in [5.74, 6) is -0.585. The third-order valence-electron chi connectivity index (χ3n) is 5.06. The summed E-state index contributed by atoms with van der Waals surface area (Å²) in [6.07, 6.45) is 1.88. The lowest BCUT2D eigenvalue weighted by atomic mass is 10.0. The number of piperidine rings is 1. The normalized spacial score (nSPS) is 16.0. The molecule has 1 amide bonds. The van der Waals surface area contributed by atoms with E-state index in [1.54, 1.807) is 29.2 Å². The van der Waals surface area contributed by atoms with E-state index in [1.165, 1.54) is 12.1 Å². The number of halogens is 1. The van der Waals surface area contributed by atoms with Crippen LogP contribution in [0.4, 0.5) is 10.1 Å². The summed E-state index contributed by atoms with van der Waals surface area (Å²) in [5, 5.41) is 0. The molecule has 2 aromatic rings. The van der Waals surface area contributed by atoms with E-state index in [4.69, 9.17) is 0 Å². The minimum absolute atomic E-state index is 0.0314. The largest absolute Gasteiger partial charge is 0.339 e. The summed E-state index contributed by atoms with van der Waals surface area (Å²) in [6, 6.07) is 11.1. The molecule has 1 saturated heterocycles. The van der Waals surface area contributed by atoms with Crippen LogP contribution in [0.25, 0.3) is 0 Å². The lowest BCUT2D eigenvalue weighted by Gasteiger charge is -2.35. The fraction of sp³-hybridized carbons (Fsp3) is 0.350. The number of carbonyl (C=O) groups is 1. The Morgan fingerprint density at radius 1 is 1.07 bits per heavy atom. The lowest BCUT2D eigenvalue weighted by Crippen LogP contribution is -2.44. The van der Waals surface area contributed by atoms with E-state index < -0.39 is 15.8 Å². The zero-order chi connectivity index (χ0) is 20.3. The third-order valence-corrected chi connectivity index (χ3v) is 6.46. The predicted molar refractivity (Wildman–Crippen MR) is 106 cm³/mol. The summed E-state index contributed by atoms with van der Waals surface area (Å²) in [4.78, 5) is 16.7. The van der Waals surface area contributed by atoms with E-state index in [1.807, 2.05) is 7.05 Å². The van der Waals surface area contributed by atoms with Gasteiger partial charge in [-0.3, -0.25) is 9.52 Å². The number of likely N-dealkylation sites (tertiary alicyclic amines) is 1. The van der Waals surface area contributed by atoms with Crippen molar-refractivity contribution in [2.45, 2.75) is 23.8 Å². The molecule has 28 heavy (non-hydrogen) atoms. The molecule has 2 aromatic carbocycles.